The highest BCUT2D eigenvalue weighted by Crippen LogP contribution is 2.68. The van der Waals surface area contributed by atoms with Gasteiger partial charge in [0.1, 0.15) is 11.5 Å². The smallest absolute Gasteiger partial charge is 0.120 e. The lowest BCUT2D eigenvalue weighted by Gasteiger charge is -2.12. The van der Waals surface area contributed by atoms with E-state index in [1.165, 1.54) is 0 Å². The van der Waals surface area contributed by atoms with Crippen LogP contribution < -0.4 is 5.32 Å². The fraction of sp³-hybridized carbons (Fsp3) is 0.733. The lowest BCUT2D eigenvalue weighted by Crippen LogP contribution is -2.22. The molecule has 0 aliphatic heterocycles. The molecule has 1 saturated carbocycles. The molecule has 17 heavy (non-hydrogen) atoms. The van der Waals surface area contributed by atoms with E-state index in [4.69, 9.17) is 4.42 Å². The first-order valence-electron chi connectivity index (χ1n) is 6.56. The molecule has 96 valence electrons. The Kier molecular flexibility index (Phi) is 2.89. The zero-order valence-corrected chi connectivity index (χ0v) is 11.9. The predicted octanol–water partition coefficient (Wildman–Crippen LogP) is 3.92. The van der Waals surface area contributed by atoms with Crippen LogP contribution in [0.5, 0.6) is 0 Å². The molecule has 0 bridgehead atoms. The van der Waals surface area contributed by atoms with E-state index in [2.05, 4.69) is 46.0 Å². The van der Waals surface area contributed by atoms with Gasteiger partial charge in [0.25, 0.3) is 0 Å². The van der Waals surface area contributed by atoms with Crippen LogP contribution in [0.4, 0.5) is 0 Å². The molecule has 0 aromatic carbocycles. The Balaban J connectivity index is 1.88. The third kappa shape index (κ3) is 2.03. The van der Waals surface area contributed by atoms with Crippen molar-refractivity contribution >= 4 is 0 Å². The number of hydrogen-bond acceptors (Lipinski definition) is 2. The summed E-state index contributed by atoms with van der Waals surface area (Å²) in [5.41, 5.74) is 0.914. The van der Waals surface area contributed by atoms with Gasteiger partial charge in [-0.1, -0.05) is 27.7 Å². The van der Waals surface area contributed by atoms with E-state index in [0.29, 0.717) is 16.9 Å². The molecule has 2 nitrogen and oxygen atoms in total. The fourth-order valence-corrected chi connectivity index (χ4v) is 2.92. The lowest BCUT2D eigenvalue weighted by atomic mass is 10.0. The molecule has 1 aliphatic carbocycles. The quantitative estimate of drug-likeness (QED) is 0.855. The van der Waals surface area contributed by atoms with Crippen molar-refractivity contribution in [3.05, 3.63) is 23.7 Å². The Morgan fingerprint density at radius 1 is 1.24 bits per heavy atom. The molecule has 0 saturated heterocycles. The first-order chi connectivity index (χ1) is 7.76. The molecule has 2 rings (SSSR count). The van der Waals surface area contributed by atoms with E-state index in [1.807, 2.05) is 13.0 Å². The van der Waals surface area contributed by atoms with E-state index in [-0.39, 0.29) is 0 Å². The van der Waals surface area contributed by atoms with Crippen molar-refractivity contribution in [2.45, 2.75) is 47.6 Å². The van der Waals surface area contributed by atoms with Crippen LogP contribution in [-0.4, -0.2) is 6.54 Å². The normalized spacial score (nSPS) is 23.6. The minimum Gasteiger partial charge on any atom is -0.465 e. The van der Waals surface area contributed by atoms with Gasteiger partial charge >= 0.3 is 0 Å². The number of furan rings is 1. The van der Waals surface area contributed by atoms with Crippen molar-refractivity contribution in [2.75, 3.05) is 6.54 Å². The zero-order chi connectivity index (χ0) is 12.8. The maximum absolute atomic E-state index is 5.64. The van der Waals surface area contributed by atoms with Crippen LogP contribution in [0.2, 0.25) is 0 Å². The molecule has 1 aromatic rings. The van der Waals surface area contributed by atoms with Gasteiger partial charge in [-0.2, -0.15) is 0 Å². The Labute approximate surface area is 105 Å². The topological polar surface area (TPSA) is 25.2 Å². The van der Waals surface area contributed by atoms with Crippen LogP contribution >= 0.6 is 0 Å². The molecule has 1 N–H and O–H groups in total. The fourth-order valence-electron chi connectivity index (χ4n) is 2.92. The van der Waals surface area contributed by atoms with Crippen molar-refractivity contribution < 1.29 is 4.42 Å². The van der Waals surface area contributed by atoms with Gasteiger partial charge in [-0.3, -0.25) is 0 Å². The van der Waals surface area contributed by atoms with Gasteiger partial charge in [0, 0.05) is 0 Å². The Morgan fingerprint density at radius 2 is 1.82 bits per heavy atom. The number of nitrogens with one attached hydrogen (secondary N) is 1. The Morgan fingerprint density at radius 3 is 2.24 bits per heavy atom. The summed E-state index contributed by atoms with van der Waals surface area (Å²) in [6, 6.07) is 4.39. The molecular formula is C15H25NO. The summed E-state index contributed by atoms with van der Waals surface area (Å²) in [5.74, 6) is 2.79. The van der Waals surface area contributed by atoms with Gasteiger partial charge in [0.2, 0.25) is 0 Å². The molecule has 1 heterocycles. The van der Waals surface area contributed by atoms with E-state index in [9.17, 15) is 0 Å². The maximum Gasteiger partial charge on any atom is 0.120 e. The Bertz CT molecular complexity index is 389. The second kappa shape index (κ2) is 3.88. The summed E-state index contributed by atoms with van der Waals surface area (Å²) in [6.45, 7) is 14.7. The monoisotopic (exact) mass is 235 g/mol. The summed E-state index contributed by atoms with van der Waals surface area (Å²) in [6.07, 6.45) is 0. The SMILES string of the molecule is Cc1ccc(C(C)NCC2C(C)(C)C2(C)C)o1. The summed E-state index contributed by atoms with van der Waals surface area (Å²) >= 11 is 0. The maximum atomic E-state index is 5.64. The van der Waals surface area contributed by atoms with Gasteiger partial charge in [-0.05, 0) is 49.3 Å². The molecular weight excluding hydrogens is 210 g/mol. The van der Waals surface area contributed by atoms with Crippen LogP contribution in [0, 0.1) is 23.7 Å². The van der Waals surface area contributed by atoms with E-state index in [1.54, 1.807) is 0 Å². The first kappa shape index (κ1) is 12.7. The van der Waals surface area contributed by atoms with Gasteiger partial charge < -0.3 is 9.73 Å². The van der Waals surface area contributed by atoms with E-state index >= 15 is 0 Å². The van der Waals surface area contributed by atoms with Gasteiger partial charge in [0.05, 0.1) is 6.04 Å². The van der Waals surface area contributed by atoms with Gasteiger partial charge in [-0.15, -0.1) is 0 Å². The summed E-state index contributed by atoms with van der Waals surface area (Å²) < 4.78 is 5.64. The van der Waals surface area contributed by atoms with Crippen molar-refractivity contribution in [3.63, 3.8) is 0 Å². The average Bonchev–Trinajstić information content (AvgIpc) is 2.55. The largest absolute Gasteiger partial charge is 0.465 e. The Hall–Kier alpha value is -0.760. The molecule has 1 aliphatic rings. The van der Waals surface area contributed by atoms with E-state index in [0.717, 1.165) is 24.0 Å². The average molecular weight is 235 g/mol. The van der Waals surface area contributed by atoms with Crippen molar-refractivity contribution in [1.29, 1.82) is 0 Å². The molecule has 1 fully saturated rings. The minimum atomic E-state index is 0.302. The van der Waals surface area contributed by atoms with Crippen LogP contribution in [0.15, 0.2) is 16.5 Å². The standard InChI is InChI=1S/C15H25NO/c1-10-7-8-12(17-10)11(2)16-9-13-14(3,4)15(13,5)6/h7-8,11,13,16H,9H2,1-6H3. The summed E-state index contributed by atoms with van der Waals surface area (Å²) in [7, 11) is 0. The minimum absolute atomic E-state index is 0.302. The van der Waals surface area contributed by atoms with Crippen LogP contribution in [0.1, 0.15) is 52.2 Å². The number of aryl methyl sites for hydroxylation is 1. The van der Waals surface area contributed by atoms with Crippen molar-refractivity contribution in [2.24, 2.45) is 16.7 Å². The number of rotatable bonds is 4. The zero-order valence-electron chi connectivity index (χ0n) is 11.9. The lowest BCUT2D eigenvalue weighted by molar-refractivity contribution is 0.400. The van der Waals surface area contributed by atoms with Crippen molar-refractivity contribution in [1.82, 2.24) is 5.32 Å². The highest BCUT2D eigenvalue weighted by atomic mass is 16.3. The molecule has 0 radical (unpaired) electrons. The number of hydrogen-bond donors (Lipinski definition) is 1. The molecule has 1 unspecified atom stereocenters. The van der Waals surface area contributed by atoms with Crippen molar-refractivity contribution in [3.8, 4) is 0 Å². The second-order valence-corrected chi connectivity index (χ2v) is 6.57. The predicted molar refractivity (Wildman–Crippen MR) is 70.9 cm³/mol. The van der Waals surface area contributed by atoms with E-state index < -0.39 is 0 Å². The summed E-state index contributed by atoms with van der Waals surface area (Å²) in [5, 5.41) is 3.59. The van der Waals surface area contributed by atoms with Crippen LogP contribution in [-0.2, 0) is 0 Å². The first-order valence-corrected chi connectivity index (χ1v) is 6.56. The molecule has 2 heteroatoms. The second-order valence-electron chi connectivity index (χ2n) is 6.57. The summed E-state index contributed by atoms with van der Waals surface area (Å²) in [4.78, 5) is 0. The highest BCUT2D eigenvalue weighted by Gasteiger charge is 2.63. The van der Waals surface area contributed by atoms with Gasteiger partial charge in [0.15, 0.2) is 0 Å². The third-order valence-electron chi connectivity index (χ3n) is 5.14. The van der Waals surface area contributed by atoms with Crippen LogP contribution in [0.3, 0.4) is 0 Å². The van der Waals surface area contributed by atoms with Crippen LogP contribution in [0.25, 0.3) is 0 Å². The highest BCUT2D eigenvalue weighted by molar-refractivity contribution is 5.14. The molecule has 0 spiro atoms. The van der Waals surface area contributed by atoms with Gasteiger partial charge in [-0.25, -0.2) is 0 Å². The molecule has 1 atom stereocenters. The molecule has 0 amide bonds. The third-order valence-corrected chi connectivity index (χ3v) is 5.14. The molecule has 1 aromatic heterocycles.